The van der Waals surface area contributed by atoms with Crippen molar-refractivity contribution in [2.45, 2.75) is 159 Å². The number of nitrogen functional groups attached to an aromatic ring is 5. The summed E-state index contributed by atoms with van der Waals surface area (Å²) in [6.07, 6.45) is -15.4. The topological polar surface area (TPSA) is 709 Å². The van der Waals surface area contributed by atoms with Gasteiger partial charge in [0, 0.05) is 114 Å². The van der Waals surface area contributed by atoms with Crippen molar-refractivity contribution in [3.63, 3.8) is 0 Å². The van der Waals surface area contributed by atoms with E-state index in [9.17, 15) is 52.9 Å². The molecule has 7 aromatic heterocycles. The summed E-state index contributed by atoms with van der Waals surface area (Å²) in [5.74, 6) is -1.29. The highest BCUT2D eigenvalue weighted by Gasteiger charge is 2.53. The Bertz CT molecular complexity index is 5620. The van der Waals surface area contributed by atoms with Crippen LogP contribution in [0.1, 0.15) is 97.9 Å². The molecule has 0 aromatic carbocycles. The molecular weight excluding hydrogens is 1930 g/mol. The Balaban J connectivity index is 0.835. The quantitative estimate of drug-likeness (QED) is 0.0199. The van der Waals surface area contributed by atoms with Crippen LogP contribution in [0.4, 0.5) is 29.1 Å². The normalized spacial score (nSPS) is 25.8. The van der Waals surface area contributed by atoms with Crippen molar-refractivity contribution in [3.05, 3.63) is 93.6 Å². The fraction of sp³-hybridized carbons (Fsp3) is 0.597. The third kappa shape index (κ3) is 28.2. The minimum absolute atomic E-state index is 0.00970. The number of hydrogen-bond donors (Lipinski definition) is 7. The van der Waals surface area contributed by atoms with Gasteiger partial charge >= 0.3 is 56.2 Å². The van der Waals surface area contributed by atoms with Crippen LogP contribution in [0.25, 0.3) is 22.3 Å². The van der Waals surface area contributed by atoms with Gasteiger partial charge in [0.1, 0.15) is 133 Å². The summed E-state index contributed by atoms with van der Waals surface area (Å²) < 4.78 is 198. The Morgan fingerprint density at radius 2 is 0.646 bits per heavy atom. The molecule has 5 unspecified atom stereocenters. The number of nitrogens with two attached hydrogens (primary N) is 5. The van der Waals surface area contributed by atoms with Crippen LogP contribution in [0.5, 0.6) is 0 Å². The van der Waals surface area contributed by atoms with Gasteiger partial charge < -0.3 is 62.4 Å². The third-order valence-electron chi connectivity index (χ3n) is 19.1. The highest BCUT2D eigenvalue weighted by Crippen LogP contribution is 2.60. The van der Waals surface area contributed by atoms with Gasteiger partial charge in [-0.2, -0.15) is 15.0 Å². The van der Waals surface area contributed by atoms with E-state index in [1.54, 1.807) is 0 Å². The monoisotopic (exact) mass is 2020 g/mol. The molecule has 5 aliphatic rings. The molecule has 5 saturated heterocycles. The highest BCUT2D eigenvalue weighted by molar-refractivity contribution is 8.14. The summed E-state index contributed by atoms with van der Waals surface area (Å²) in [6, 6.07) is 3.73. The first kappa shape index (κ1) is 102. The van der Waals surface area contributed by atoms with Gasteiger partial charge in [-0.15, -0.1) is 0 Å². The Morgan fingerprint density at radius 1 is 0.385 bits per heavy atom. The molecule has 0 radical (unpaired) electrons. The molecule has 53 nitrogen and oxygen atoms in total. The fourth-order valence-corrected chi connectivity index (χ4v) is 22.8. The van der Waals surface area contributed by atoms with E-state index >= 15 is 18.3 Å². The number of carbonyl (C=O) groups is 5. The van der Waals surface area contributed by atoms with Gasteiger partial charge in [0.2, 0.25) is 0 Å². The molecule has 5 aliphatic heterocycles. The Morgan fingerprint density at radius 3 is 0.923 bits per heavy atom. The zero-order valence-electron chi connectivity index (χ0n) is 69.5. The second-order valence-electron chi connectivity index (χ2n) is 28.3. The standard InChI is InChI=1S/C67H92N19O34P5S5/c1-36(88)126-17-12-102-121(96,97)116-42-23-58(86-35-78-60-62(72)74-33-76-64(60)86)115-47(42)28-107-123(99,104-14-19-128-38(3)90)118-44-25-55(83-10-7-52(69)80-66(83)94)113-49(44)30-109-125(101,106-16-21-130-40(5)92)120-45-26-56(84-11-8-53(70)81-67(84)95)114-50(45)31-110-124(100,105-15-20-129-39(4)91)119-43-24-54(82-9-6-51(68)79-65(82)93)112-48(43)29-108-122(98,103-13-18-127-37(2)89)117-41-22-57(111-46(41)27-87)85-34-77-59-61(71)73-32-75-63(59)85/h6-11,32-35,41-50,54-58,87H,12-31H2,1-5H3,(H,96,97)(H2,68,79,93)(H2,69,80,94)(H2,70,81,95)(H2,71,73,75)(H2,72,74,76)/t41-,42-,43-,44-,45-,46+,47+,48+,49+,50+,54+,55+,56+,57+,58+,122?,123?,124?,125?/m0/s1. The summed E-state index contributed by atoms with van der Waals surface area (Å²) in [4.78, 5) is 149. The molecule has 5 fully saturated rings. The Kier molecular flexibility index (Phi) is 36.2. The molecule has 12 rings (SSSR count). The van der Waals surface area contributed by atoms with Gasteiger partial charge in [-0.1, -0.05) is 58.8 Å². The van der Waals surface area contributed by atoms with Gasteiger partial charge in [0.15, 0.2) is 48.5 Å². The number of phosphoric ester groups is 5. The summed E-state index contributed by atoms with van der Waals surface area (Å²) in [5, 5.41) is 8.82. The second kappa shape index (κ2) is 46.1. The molecule has 714 valence electrons. The van der Waals surface area contributed by atoms with Crippen LogP contribution in [-0.2, 0) is 134 Å². The summed E-state index contributed by atoms with van der Waals surface area (Å²) in [5.41, 5.74) is 27.7. The van der Waals surface area contributed by atoms with Crippen molar-refractivity contribution in [2.75, 3.05) is 124 Å². The number of aromatic nitrogens is 14. The molecule has 0 amide bonds. The summed E-state index contributed by atoms with van der Waals surface area (Å²) >= 11 is 3.83. The smallest absolute Gasteiger partial charge is 0.394 e. The first-order chi connectivity index (χ1) is 61.8. The summed E-state index contributed by atoms with van der Waals surface area (Å²) in [6.45, 7) is -0.805. The van der Waals surface area contributed by atoms with Crippen LogP contribution in [0, 0.1) is 0 Å². The third-order valence-corrected chi connectivity index (χ3v) is 30.0. The van der Waals surface area contributed by atoms with E-state index in [-0.39, 0.29) is 108 Å². The number of anilines is 5. The van der Waals surface area contributed by atoms with E-state index in [4.69, 9.17) is 116 Å². The van der Waals surface area contributed by atoms with Crippen molar-refractivity contribution in [1.82, 2.24) is 67.7 Å². The van der Waals surface area contributed by atoms with Crippen LogP contribution < -0.4 is 45.7 Å². The maximum Gasteiger partial charge on any atom is 0.475 e. The largest absolute Gasteiger partial charge is 0.475 e. The van der Waals surface area contributed by atoms with Crippen molar-refractivity contribution < 1.29 is 144 Å². The lowest BCUT2D eigenvalue weighted by Gasteiger charge is -2.29. The minimum atomic E-state index is -5.36. The number of imidazole rings is 2. The van der Waals surface area contributed by atoms with Gasteiger partial charge in [-0.25, -0.2) is 67.1 Å². The van der Waals surface area contributed by atoms with Crippen LogP contribution in [0.15, 0.2) is 76.5 Å². The molecule has 12 heterocycles. The summed E-state index contributed by atoms with van der Waals surface area (Å²) in [7, 11) is -26.0. The van der Waals surface area contributed by atoms with E-state index in [0.29, 0.717) is 0 Å². The number of hydrogen-bond acceptors (Lipinski definition) is 52. The predicted octanol–water partition coefficient (Wildman–Crippen LogP) is 4.78. The van der Waals surface area contributed by atoms with Crippen molar-refractivity contribution in [1.29, 1.82) is 0 Å². The van der Waals surface area contributed by atoms with Crippen molar-refractivity contribution in [3.8, 4) is 0 Å². The van der Waals surface area contributed by atoms with Gasteiger partial charge in [0.25, 0.3) is 0 Å². The van der Waals surface area contributed by atoms with Gasteiger partial charge in [-0.3, -0.25) is 110 Å². The second-order valence-corrected chi connectivity index (χ2v) is 42.6. The predicted molar refractivity (Wildman–Crippen MR) is 462 cm³/mol. The number of phosphoric acid groups is 5. The maximum absolute atomic E-state index is 15.9. The number of nitrogens with zero attached hydrogens (tertiary/aromatic N) is 14. The molecule has 63 heteroatoms. The number of rotatable bonds is 48. The zero-order chi connectivity index (χ0) is 93.4. The number of aliphatic hydroxyl groups excluding tert-OH is 1. The first-order valence-electron chi connectivity index (χ1n) is 39.2. The van der Waals surface area contributed by atoms with E-state index in [1.165, 1.54) is 99.5 Å². The maximum atomic E-state index is 15.9. The van der Waals surface area contributed by atoms with Crippen molar-refractivity contribution in [2.24, 2.45) is 0 Å². The Labute approximate surface area is 758 Å². The van der Waals surface area contributed by atoms with Gasteiger partial charge in [-0.05, 0) is 18.2 Å². The fourth-order valence-electron chi connectivity index (χ4n) is 13.4. The molecule has 20 atom stereocenters. The SMILES string of the molecule is CC(=O)SCCOP(=O)(O)O[C@H]1C[C@H](n2cnc3c(N)ncnc32)O[C@@H]1COP(=O)(OCCSC(C)=O)O[C@H]1C[C@H](n2ccc(N)nc2=O)O[C@@H]1COP(=O)(OCCSC(C)=O)O[C@H]1C[C@H](n2ccc(N)nc2=O)O[C@@H]1COP(=O)(OCCSC(C)=O)O[C@H]1C[C@H](n2ccc(N)nc2=O)O[C@@H]1COP(=O)(OCCSC(C)=O)O[C@H]1C[C@H](n2cnc3c(N)ncnc32)O[C@@H]1CO. The molecule has 7 aromatic rings. The molecule has 0 bridgehead atoms. The molecule has 0 spiro atoms. The lowest BCUT2D eigenvalue weighted by Crippen LogP contribution is -2.33. The number of thioether (sulfide) groups is 5. The minimum Gasteiger partial charge on any atom is -0.394 e. The Hall–Kier alpha value is -6.85. The van der Waals surface area contributed by atoms with E-state index in [1.807, 2.05) is 0 Å². The molecular formula is C67H92N19O34P5S5. The zero-order valence-corrected chi connectivity index (χ0v) is 78.0. The number of fused-ring (bicyclic) bond motifs is 2. The molecule has 12 N–H and O–H groups in total. The lowest BCUT2D eigenvalue weighted by atomic mass is 10.2. The van der Waals surface area contributed by atoms with Crippen LogP contribution in [0.2, 0.25) is 0 Å². The van der Waals surface area contributed by atoms with E-state index in [2.05, 4.69) is 44.9 Å². The lowest BCUT2D eigenvalue weighted by molar-refractivity contribution is -0.109. The number of aliphatic hydroxyl groups is 1. The van der Waals surface area contributed by atoms with Crippen LogP contribution in [0.3, 0.4) is 0 Å². The molecule has 0 aliphatic carbocycles. The average molecular weight is 2020 g/mol. The van der Waals surface area contributed by atoms with E-state index in [0.717, 1.165) is 78.8 Å². The van der Waals surface area contributed by atoms with Crippen LogP contribution in [-0.4, -0.2) is 259 Å². The van der Waals surface area contributed by atoms with E-state index < -0.39 is 244 Å². The van der Waals surface area contributed by atoms with Crippen molar-refractivity contribution >= 4 is 175 Å². The van der Waals surface area contributed by atoms with Gasteiger partial charge in [0.05, 0.1) is 78.7 Å². The van der Waals surface area contributed by atoms with Crippen LogP contribution >= 0.6 is 97.9 Å². The molecule has 0 saturated carbocycles. The first-order valence-corrected chi connectivity index (χ1v) is 51.5. The number of ether oxygens (including phenoxy) is 5. The number of carbonyl (C=O) groups excluding carboxylic acids is 5. The average Bonchev–Trinajstić information content (AvgIpc) is 1.63. The highest BCUT2D eigenvalue weighted by atomic mass is 32.2. The molecule has 130 heavy (non-hydrogen) atoms.